The van der Waals surface area contributed by atoms with Gasteiger partial charge < -0.3 is 10.2 Å². The van der Waals surface area contributed by atoms with Crippen LogP contribution in [0.5, 0.6) is 0 Å². The first-order valence-electron chi connectivity index (χ1n) is 10.9. The highest BCUT2D eigenvalue weighted by molar-refractivity contribution is 7.92. The number of hydrogen-bond acceptors (Lipinski definition) is 4. The van der Waals surface area contributed by atoms with Gasteiger partial charge in [-0.3, -0.25) is 13.9 Å². The van der Waals surface area contributed by atoms with Gasteiger partial charge in [0.15, 0.2) is 0 Å². The predicted molar refractivity (Wildman–Crippen MR) is 138 cm³/mol. The number of amides is 2. The summed E-state index contributed by atoms with van der Waals surface area (Å²) in [5.74, 6) is -0.832. The molecule has 0 bridgehead atoms. The summed E-state index contributed by atoms with van der Waals surface area (Å²) in [4.78, 5) is 28.0. The van der Waals surface area contributed by atoms with Crippen LogP contribution in [-0.4, -0.2) is 50.0 Å². The van der Waals surface area contributed by atoms with Gasteiger partial charge in [0.05, 0.1) is 22.0 Å². The Kier molecular flexibility index (Phi) is 9.79. The number of hydrogen-bond donors (Lipinski definition) is 1. The number of sulfonamides is 1. The highest BCUT2D eigenvalue weighted by Gasteiger charge is 2.32. The van der Waals surface area contributed by atoms with Crippen LogP contribution in [0.1, 0.15) is 38.3 Å². The lowest BCUT2D eigenvalue weighted by molar-refractivity contribution is -0.140. The monoisotopic (exact) mass is 527 g/mol. The van der Waals surface area contributed by atoms with Crippen molar-refractivity contribution in [1.82, 2.24) is 10.2 Å². The standard InChI is InChI=1S/C24H31Cl2N3O4S/c1-6-20(24(31)27-16(2)3)28(14-18-11-8-7-10-17(18)4)22(30)15-29(34(5,32)33)21-13-9-12-19(25)23(21)26/h7-13,16,20H,6,14-15H2,1-5H3,(H,27,31)/t20-/m1/s1. The van der Waals surface area contributed by atoms with E-state index in [9.17, 15) is 18.0 Å². The van der Waals surface area contributed by atoms with Crippen LogP contribution in [0.2, 0.25) is 10.0 Å². The van der Waals surface area contributed by atoms with Gasteiger partial charge in [-0.05, 0) is 50.5 Å². The van der Waals surface area contributed by atoms with E-state index in [1.807, 2.05) is 52.0 Å². The van der Waals surface area contributed by atoms with Crippen molar-refractivity contribution in [2.75, 3.05) is 17.1 Å². The second-order valence-corrected chi connectivity index (χ2v) is 11.1. The van der Waals surface area contributed by atoms with Crippen LogP contribution in [0.3, 0.4) is 0 Å². The smallest absolute Gasteiger partial charge is 0.244 e. The molecule has 0 saturated heterocycles. The predicted octanol–water partition coefficient (Wildman–Crippen LogP) is 4.40. The first-order valence-corrected chi connectivity index (χ1v) is 13.5. The first kappa shape index (κ1) is 28.0. The van der Waals surface area contributed by atoms with E-state index in [2.05, 4.69) is 5.32 Å². The van der Waals surface area contributed by atoms with Crippen molar-refractivity contribution < 1.29 is 18.0 Å². The Morgan fingerprint density at radius 1 is 1.06 bits per heavy atom. The van der Waals surface area contributed by atoms with Crippen molar-refractivity contribution in [3.8, 4) is 0 Å². The number of halogens is 2. The Bertz CT molecular complexity index is 1140. The Balaban J connectivity index is 2.50. The summed E-state index contributed by atoms with van der Waals surface area (Å²) in [6.07, 6.45) is 1.35. The molecule has 0 aromatic heterocycles. The lowest BCUT2D eigenvalue weighted by Gasteiger charge is -2.33. The third-order valence-corrected chi connectivity index (χ3v) is 7.23. The summed E-state index contributed by atoms with van der Waals surface area (Å²) < 4.78 is 26.2. The minimum absolute atomic E-state index is 0.0254. The highest BCUT2D eigenvalue weighted by Crippen LogP contribution is 2.33. The maximum absolute atomic E-state index is 13.6. The van der Waals surface area contributed by atoms with Gasteiger partial charge in [0.2, 0.25) is 21.8 Å². The van der Waals surface area contributed by atoms with Crippen molar-refractivity contribution in [2.24, 2.45) is 0 Å². The van der Waals surface area contributed by atoms with Gasteiger partial charge >= 0.3 is 0 Å². The summed E-state index contributed by atoms with van der Waals surface area (Å²) in [7, 11) is -3.90. The molecule has 0 fully saturated rings. The fourth-order valence-corrected chi connectivity index (χ4v) is 4.85. The molecule has 0 aliphatic carbocycles. The number of nitrogens with one attached hydrogen (secondary N) is 1. The van der Waals surface area contributed by atoms with E-state index in [0.29, 0.717) is 6.42 Å². The molecule has 2 amide bonds. The zero-order valence-corrected chi connectivity index (χ0v) is 22.3. The molecule has 186 valence electrons. The van der Waals surface area contributed by atoms with Crippen molar-refractivity contribution in [1.29, 1.82) is 0 Å². The molecular formula is C24H31Cl2N3O4S. The zero-order chi connectivity index (χ0) is 25.6. The molecule has 0 radical (unpaired) electrons. The van der Waals surface area contributed by atoms with Crippen LogP contribution in [-0.2, 0) is 26.2 Å². The maximum Gasteiger partial charge on any atom is 0.244 e. The minimum Gasteiger partial charge on any atom is -0.352 e. The molecular weight excluding hydrogens is 497 g/mol. The summed E-state index contributed by atoms with van der Waals surface area (Å²) in [5, 5.41) is 3.05. The molecule has 2 aromatic carbocycles. The number of rotatable bonds is 10. The number of carbonyl (C=O) groups is 2. The molecule has 10 heteroatoms. The van der Waals surface area contributed by atoms with E-state index in [1.54, 1.807) is 6.07 Å². The number of aryl methyl sites for hydroxylation is 1. The van der Waals surface area contributed by atoms with E-state index in [-0.39, 0.29) is 34.2 Å². The van der Waals surface area contributed by atoms with E-state index in [0.717, 1.165) is 21.7 Å². The fraction of sp³-hybridized carbons (Fsp3) is 0.417. The van der Waals surface area contributed by atoms with Gasteiger partial charge in [-0.25, -0.2) is 8.42 Å². The van der Waals surface area contributed by atoms with Crippen LogP contribution >= 0.6 is 23.2 Å². The van der Waals surface area contributed by atoms with Crippen molar-refractivity contribution in [3.05, 3.63) is 63.6 Å². The van der Waals surface area contributed by atoms with Gasteiger partial charge in [-0.2, -0.15) is 0 Å². The Hall–Kier alpha value is -2.29. The molecule has 0 aliphatic heterocycles. The van der Waals surface area contributed by atoms with Gasteiger partial charge in [0.1, 0.15) is 12.6 Å². The van der Waals surface area contributed by atoms with Gasteiger partial charge in [0.25, 0.3) is 0 Å². The zero-order valence-electron chi connectivity index (χ0n) is 20.0. The molecule has 0 unspecified atom stereocenters. The van der Waals surface area contributed by atoms with Crippen LogP contribution in [0.15, 0.2) is 42.5 Å². The molecule has 1 atom stereocenters. The quantitative estimate of drug-likeness (QED) is 0.495. The molecule has 34 heavy (non-hydrogen) atoms. The lowest BCUT2D eigenvalue weighted by atomic mass is 10.1. The van der Waals surface area contributed by atoms with Crippen LogP contribution in [0.25, 0.3) is 0 Å². The Morgan fingerprint density at radius 2 is 1.71 bits per heavy atom. The average Bonchev–Trinajstić information content (AvgIpc) is 2.74. The van der Waals surface area contributed by atoms with Crippen LogP contribution in [0, 0.1) is 6.92 Å². The minimum atomic E-state index is -3.90. The summed E-state index contributed by atoms with van der Waals surface area (Å²) in [5.41, 5.74) is 1.91. The maximum atomic E-state index is 13.6. The van der Waals surface area contributed by atoms with Gasteiger partial charge in [-0.15, -0.1) is 0 Å². The first-order chi connectivity index (χ1) is 15.9. The SMILES string of the molecule is CC[C@H](C(=O)NC(C)C)N(Cc1ccccc1C)C(=O)CN(c1cccc(Cl)c1Cl)S(C)(=O)=O. The van der Waals surface area contributed by atoms with Crippen molar-refractivity contribution in [2.45, 2.75) is 52.7 Å². The van der Waals surface area contributed by atoms with Crippen LogP contribution in [0.4, 0.5) is 5.69 Å². The normalized spacial score (nSPS) is 12.4. The molecule has 2 aromatic rings. The van der Waals surface area contributed by atoms with E-state index >= 15 is 0 Å². The van der Waals surface area contributed by atoms with Crippen LogP contribution < -0.4 is 9.62 Å². The number of nitrogens with zero attached hydrogens (tertiary/aromatic N) is 2. The molecule has 7 nitrogen and oxygen atoms in total. The Labute approximate surface area is 212 Å². The van der Waals surface area contributed by atoms with Gasteiger partial charge in [0, 0.05) is 12.6 Å². The summed E-state index contributed by atoms with van der Waals surface area (Å²) in [6, 6.07) is 11.2. The molecule has 2 rings (SSSR count). The molecule has 0 aliphatic rings. The van der Waals surface area contributed by atoms with E-state index < -0.39 is 28.5 Å². The summed E-state index contributed by atoms with van der Waals surface area (Å²) in [6.45, 7) is 7.02. The molecule has 0 heterocycles. The third kappa shape index (κ3) is 7.10. The number of anilines is 1. The van der Waals surface area contributed by atoms with E-state index in [4.69, 9.17) is 23.2 Å². The average molecular weight is 529 g/mol. The van der Waals surface area contributed by atoms with E-state index in [1.165, 1.54) is 17.0 Å². The largest absolute Gasteiger partial charge is 0.352 e. The van der Waals surface area contributed by atoms with Crippen molar-refractivity contribution in [3.63, 3.8) is 0 Å². The third-order valence-electron chi connectivity index (χ3n) is 5.30. The highest BCUT2D eigenvalue weighted by atomic mass is 35.5. The lowest BCUT2D eigenvalue weighted by Crippen LogP contribution is -2.53. The molecule has 1 N–H and O–H groups in total. The molecule has 0 saturated carbocycles. The summed E-state index contributed by atoms with van der Waals surface area (Å²) >= 11 is 12.4. The van der Waals surface area contributed by atoms with Crippen molar-refractivity contribution >= 4 is 50.7 Å². The second-order valence-electron chi connectivity index (χ2n) is 8.38. The second kappa shape index (κ2) is 11.9. The topological polar surface area (TPSA) is 86.8 Å². The number of carbonyl (C=O) groups excluding carboxylic acids is 2. The number of benzene rings is 2. The Morgan fingerprint density at radius 3 is 2.26 bits per heavy atom. The fourth-order valence-electron chi connectivity index (χ4n) is 3.55. The molecule has 0 spiro atoms. The van der Waals surface area contributed by atoms with Gasteiger partial charge in [-0.1, -0.05) is 60.5 Å².